The number of hydrogen-bond donors (Lipinski definition) is 3. The zero-order chi connectivity index (χ0) is 20.6. The maximum Gasteiger partial charge on any atom is 0.319 e. The van der Waals surface area contributed by atoms with Crippen LogP contribution in [0, 0.1) is 5.41 Å². The number of carboxylic acids is 1. The van der Waals surface area contributed by atoms with E-state index < -0.39 is 17.3 Å². The van der Waals surface area contributed by atoms with Gasteiger partial charge in [-0.05, 0) is 30.9 Å². The smallest absolute Gasteiger partial charge is 0.319 e. The number of nitrogens with zero attached hydrogens (tertiary/aromatic N) is 1. The summed E-state index contributed by atoms with van der Waals surface area (Å²) in [5.41, 5.74) is -0.965. The molecule has 2 aromatic rings. The van der Waals surface area contributed by atoms with E-state index in [1.807, 2.05) is 13.8 Å². The van der Waals surface area contributed by atoms with Crippen LogP contribution in [0.4, 0.5) is 5.69 Å². The fourth-order valence-electron chi connectivity index (χ4n) is 2.63. The maximum absolute atomic E-state index is 12.2. The molecular weight excluding hydrogens is 409 g/mol. The van der Waals surface area contributed by atoms with Gasteiger partial charge >= 0.3 is 5.97 Å². The highest BCUT2D eigenvalue weighted by molar-refractivity contribution is 6.37. The lowest BCUT2D eigenvalue weighted by molar-refractivity contribution is -0.147. The van der Waals surface area contributed by atoms with Gasteiger partial charge in [0.15, 0.2) is 5.75 Å². The molecule has 1 aromatic heterocycles. The van der Waals surface area contributed by atoms with E-state index in [9.17, 15) is 19.5 Å². The molecule has 1 aromatic carbocycles. The van der Waals surface area contributed by atoms with E-state index in [2.05, 4.69) is 15.5 Å². The predicted octanol–water partition coefficient (Wildman–Crippen LogP) is 3.80. The van der Waals surface area contributed by atoms with Gasteiger partial charge in [0.1, 0.15) is 5.41 Å². The number of halogens is 2. The van der Waals surface area contributed by atoms with Gasteiger partial charge in [0.25, 0.3) is 5.56 Å². The number of carbonyl (C=O) groups excluding carboxylic acids is 1. The number of amides is 1. The Hall–Kier alpha value is -2.58. The predicted molar refractivity (Wildman–Crippen MR) is 103 cm³/mol. The van der Waals surface area contributed by atoms with Gasteiger partial charge in [-0.3, -0.25) is 14.4 Å². The molecule has 0 saturated heterocycles. The first-order valence-electron chi connectivity index (χ1n) is 8.45. The molecular formula is C18H17Cl2N3O5. The molecule has 3 N–H and O–H groups in total. The van der Waals surface area contributed by atoms with Gasteiger partial charge in [-0.25, -0.2) is 5.10 Å². The third kappa shape index (κ3) is 3.83. The van der Waals surface area contributed by atoms with Gasteiger partial charge in [0.05, 0.1) is 10.0 Å². The largest absolute Gasteiger partial charge is 0.480 e. The summed E-state index contributed by atoms with van der Waals surface area (Å²) in [6.07, 6.45) is 0.569. The quantitative estimate of drug-likeness (QED) is 0.605. The lowest BCUT2D eigenvalue weighted by Gasteiger charge is -2.14. The molecule has 0 unspecified atom stereocenters. The Labute approximate surface area is 169 Å². The number of H-pyrrole nitrogens is 1. The summed E-state index contributed by atoms with van der Waals surface area (Å²) < 4.78 is 5.61. The number of aromatic amines is 1. The zero-order valence-electron chi connectivity index (χ0n) is 15.0. The van der Waals surface area contributed by atoms with Crippen LogP contribution >= 0.6 is 23.2 Å². The van der Waals surface area contributed by atoms with E-state index >= 15 is 0 Å². The van der Waals surface area contributed by atoms with E-state index in [0.717, 1.165) is 0 Å². The van der Waals surface area contributed by atoms with Gasteiger partial charge in [0.2, 0.25) is 11.8 Å². The molecule has 0 radical (unpaired) electrons. The van der Waals surface area contributed by atoms with Crippen molar-refractivity contribution >= 4 is 40.8 Å². The fraction of sp³-hybridized carbons (Fsp3) is 0.333. The Bertz CT molecular complexity index is 992. The SMILES string of the molecule is CC(C)c1cc(Oc2c(Cl)cc(NC(=O)C3(C(=O)O)CC3)cc2Cl)n[nH]c1=O. The highest BCUT2D eigenvalue weighted by Gasteiger charge is 2.57. The second-order valence-electron chi connectivity index (χ2n) is 6.86. The standard InChI is InChI=1S/C18H17Cl2N3O5/c1-8(2)10-7-13(22-23-15(10)24)28-14-11(19)5-9(6-12(14)20)21-16(25)18(3-4-18)17(26)27/h5-8H,3-4H2,1-2H3,(H,21,25)(H,23,24)(H,26,27). The number of hydrogen-bond acceptors (Lipinski definition) is 5. The van der Waals surface area contributed by atoms with E-state index in [0.29, 0.717) is 5.56 Å². The van der Waals surface area contributed by atoms with Crippen LogP contribution in [0.3, 0.4) is 0 Å². The summed E-state index contributed by atoms with van der Waals surface area (Å²) >= 11 is 12.4. The topological polar surface area (TPSA) is 121 Å². The number of carboxylic acid groups (broad SMARTS) is 1. The average molecular weight is 426 g/mol. The molecule has 0 aliphatic heterocycles. The molecule has 28 heavy (non-hydrogen) atoms. The Morgan fingerprint density at radius 2 is 1.86 bits per heavy atom. The lowest BCUT2D eigenvalue weighted by atomic mass is 10.1. The van der Waals surface area contributed by atoms with Crippen molar-refractivity contribution in [1.82, 2.24) is 10.2 Å². The zero-order valence-corrected chi connectivity index (χ0v) is 16.5. The normalized spacial score (nSPS) is 14.6. The van der Waals surface area contributed by atoms with Gasteiger partial charge in [-0.1, -0.05) is 37.0 Å². The molecule has 148 valence electrons. The number of ether oxygens (including phenoxy) is 1. The van der Waals surface area contributed by atoms with Crippen molar-refractivity contribution in [2.75, 3.05) is 5.32 Å². The van der Waals surface area contributed by atoms with E-state index in [-0.39, 0.29) is 51.7 Å². The molecule has 1 aliphatic carbocycles. The molecule has 8 nitrogen and oxygen atoms in total. The van der Waals surface area contributed by atoms with Gasteiger partial charge < -0.3 is 15.2 Å². The summed E-state index contributed by atoms with van der Waals surface area (Å²) in [4.78, 5) is 35.2. The van der Waals surface area contributed by atoms with Crippen molar-refractivity contribution in [3.8, 4) is 11.6 Å². The van der Waals surface area contributed by atoms with Crippen molar-refractivity contribution in [3.63, 3.8) is 0 Å². The van der Waals surface area contributed by atoms with E-state index in [1.54, 1.807) is 0 Å². The Morgan fingerprint density at radius 1 is 1.25 bits per heavy atom. The number of benzene rings is 1. The lowest BCUT2D eigenvalue weighted by Crippen LogP contribution is -2.31. The first-order valence-corrected chi connectivity index (χ1v) is 9.21. The van der Waals surface area contributed by atoms with Gasteiger partial charge in [-0.15, -0.1) is 5.10 Å². The molecule has 1 saturated carbocycles. The number of carbonyl (C=O) groups is 2. The molecule has 0 spiro atoms. The monoisotopic (exact) mass is 425 g/mol. The average Bonchev–Trinajstić information content (AvgIpc) is 3.41. The van der Waals surface area contributed by atoms with E-state index in [1.165, 1.54) is 18.2 Å². The molecule has 3 rings (SSSR count). The van der Waals surface area contributed by atoms with Crippen molar-refractivity contribution in [1.29, 1.82) is 0 Å². The van der Waals surface area contributed by atoms with Crippen molar-refractivity contribution in [2.24, 2.45) is 5.41 Å². The minimum absolute atomic E-state index is 0.0402. The number of aromatic nitrogens is 2. The first-order chi connectivity index (χ1) is 13.1. The van der Waals surface area contributed by atoms with Crippen molar-refractivity contribution < 1.29 is 19.4 Å². The van der Waals surface area contributed by atoms with Gasteiger partial charge in [-0.2, -0.15) is 0 Å². The van der Waals surface area contributed by atoms with Crippen LogP contribution in [0.1, 0.15) is 38.2 Å². The Kier molecular flexibility index (Phi) is 5.36. The van der Waals surface area contributed by atoms with Crippen LogP contribution in [0.2, 0.25) is 10.0 Å². The molecule has 1 aliphatic rings. The van der Waals surface area contributed by atoms with Crippen LogP contribution in [0.15, 0.2) is 23.0 Å². The maximum atomic E-state index is 12.2. The summed E-state index contributed by atoms with van der Waals surface area (Å²) in [6.45, 7) is 3.71. The summed E-state index contributed by atoms with van der Waals surface area (Å²) in [7, 11) is 0. The van der Waals surface area contributed by atoms with E-state index in [4.69, 9.17) is 27.9 Å². The summed E-state index contributed by atoms with van der Waals surface area (Å²) in [5.74, 6) is -1.62. The molecule has 10 heteroatoms. The summed E-state index contributed by atoms with van der Waals surface area (Å²) in [6, 6.07) is 4.29. The highest BCUT2D eigenvalue weighted by atomic mass is 35.5. The van der Waals surface area contributed by atoms with Gasteiger partial charge in [0, 0.05) is 17.3 Å². The molecule has 0 atom stereocenters. The third-order valence-corrected chi connectivity index (χ3v) is 5.05. The van der Waals surface area contributed by atoms with Crippen LogP contribution in [-0.2, 0) is 9.59 Å². The number of nitrogens with one attached hydrogen (secondary N) is 2. The number of aliphatic carboxylic acids is 1. The Balaban J connectivity index is 1.83. The molecule has 1 amide bonds. The van der Waals surface area contributed by atoms with Crippen molar-refractivity contribution in [2.45, 2.75) is 32.6 Å². The highest BCUT2D eigenvalue weighted by Crippen LogP contribution is 2.47. The number of anilines is 1. The van der Waals surface area contributed by atoms with Crippen LogP contribution in [-0.4, -0.2) is 27.2 Å². The minimum atomic E-state index is -1.39. The Morgan fingerprint density at radius 3 is 2.36 bits per heavy atom. The second kappa shape index (κ2) is 7.44. The van der Waals surface area contributed by atoms with Crippen LogP contribution < -0.4 is 15.6 Å². The molecule has 1 heterocycles. The van der Waals surface area contributed by atoms with Crippen molar-refractivity contribution in [3.05, 3.63) is 44.2 Å². The fourth-order valence-corrected chi connectivity index (χ4v) is 3.19. The molecule has 0 bridgehead atoms. The van der Waals surface area contributed by atoms with Crippen LogP contribution in [0.5, 0.6) is 11.6 Å². The minimum Gasteiger partial charge on any atom is -0.480 e. The van der Waals surface area contributed by atoms with Crippen LogP contribution in [0.25, 0.3) is 0 Å². The third-order valence-electron chi connectivity index (χ3n) is 4.49. The molecule has 1 fully saturated rings. The number of rotatable bonds is 6. The first kappa shape index (κ1) is 20.2. The second-order valence-corrected chi connectivity index (χ2v) is 7.67. The summed E-state index contributed by atoms with van der Waals surface area (Å²) in [5, 5.41) is 18.0.